The highest BCUT2D eigenvalue weighted by atomic mass is 32.1. The summed E-state index contributed by atoms with van der Waals surface area (Å²) in [5.74, 6) is -0.818. The Morgan fingerprint density at radius 1 is 0.800 bits per heavy atom. The van der Waals surface area contributed by atoms with Gasteiger partial charge in [0.25, 0.3) is 0 Å². The molecule has 0 saturated carbocycles. The molecule has 5 rings (SSSR count). The van der Waals surface area contributed by atoms with Crippen molar-refractivity contribution in [1.29, 1.82) is 0 Å². The van der Waals surface area contributed by atoms with Gasteiger partial charge in [-0.15, -0.1) is 0 Å². The largest absolute Gasteiger partial charge is 0.416 e. The number of thiazole rings is 1. The lowest BCUT2D eigenvalue weighted by Gasteiger charge is -2.08. The molecule has 0 fully saturated rings. The Hall–Kier alpha value is -3.85. The second-order valence-corrected chi connectivity index (χ2v) is 8.82. The van der Waals surface area contributed by atoms with E-state index < -0.39 is 17.6 Å². The molecular weight excluding hydrogens is 481 g/mol. The highest BCUT2D eigenvalue weighted by Gasteiger charge is 2.30. The molecule has 0 N–H and O–H groups in total. The van der Waals surface area contributed by atoms with Crippen molar-refractivity contribution in [2.45, 2.75) is 13.1 Å². The van der Waals surface area contributed by atoms with Gasteiger partial charge in [0, 0.05) is 17.3 Å². The molecule has 35 heavy (non-hydrogen) atoms. The van der Waals surface area contributed by atoms with E-state index in [0.717, 1.165) is 12.1 Å². The van der Waals surface area contributed by atoms with Gasteiger partial charge in [-0.1, -0.05) is 47.7 Å². The van der Waals surface area contributed by atoms with E-state index in [-0.39, 0.29) is 5.82 Å². The lowest BCUT2D eigenvalue weighted by molar-refractivity contribution is -0.137. The maximum Gasteiger partial charge on any atom is 0.416 e. The molecule has 3 aromatic carbocycles. The standard InChI is InChI=1S/C26H16F5N3S/c1-15-22(17-4-2-6-20(27)12-17)14-34(33-15)25-32-23(16-8-10-19(11-9-16)26(29,30)31)24(35-25)18-5-3-7-21(28)13-18/h2-14H,1H3. The van der Waals surface area contributed by atoms with Crippen LogP contribution in [0.5, 0.6) is 0 Å². The van der Waals surface area contributed by atoms with Crippen molar-refractivity contribution in [2.75, 3.05) is 0 Å². The zero-order valence-electron chi connectivity index (χ0n) is 18.1. The average Bonchev–Trinajstić information content (AvgIpc) is 3.43. The summed E-state index contributed by atoms with van der Waals surface area (Å²) >= 11 is 1.23. The minimum Gasteiger partial charge on any atom is -0.218 e. The minimum atomic E-state index is -4.46. The first-order chi connectivity index (χ1) is 16.7. The van der Waals surface area contributed by atoms with Crippen LogP contribution in [-0.2, 0) is 6.18 Å². The summed E-state index contributed by atoms with van der Waals surface area (Å²) in [5.41, 5.74) is 2.64. The SMILES string of the molecule is Cc1nn(-c2nc(-c3ccc(C(F)(F)F)cc3)c(-c3cccc(F)c3)s2)cc1-c1cccc(F)c1. The summed E-state index contributed by atoms with van der Waals surface area (Å²) in [4.78, 5) is 5.24. The van der Waals surface area contributed by atoms with Gasteiger partial charge in [0.2, 0.25) is 5.13 Å². The zero-order chi connectivity index (χ0) is 24.7. The third-order valence-electron chi connectivity index (χ3n) is 5.42. The lowest BCUT2D eigenvalue weighted by atomic mass is 10.0. The molecule has 9 heteroatoms. The number of hydrogen-bond acceptors (Lipinski definition) is 3. The molecule has 0 amide bonds. The van der Waals surface area contributed by atoms with E-state index in [1.807, 2.05) is 0 Å². The third-order valence-corrected chi connectivity index (χ3v) is 6.51. The van der Waals surface area contributed by atoms with E-state index in [4.69, 9.17) is 0 Å². The number of benzene rings is 3. The van der Waals surface area contributed by atoms with Crippen molar-refractivity contribution in [3.63, 3.8) is 0 Å². The van der Waals surface area contributed by atoms with Crippen LogP contribution in [-0.4, -0.2) is 14.8 Å². The molecule has 2 aromatic heterocycles. The molecule has 3 nitrogen and oxygen atoms in total. The van der Waals surface area contributed by atoms with Gasteiger partial charge in [-0.05, 0) is 54.4 Å². The Morgan fingerprint density at radius 2 is 1.43 bits per heavy atom. The first-order valence-corrected chi connectivity index (χ1v) is 11.3. The smallest absolute Gasteiger partial charge is 0.218 e. The highest BCUT2D eigenvalue weighted by molar-refractivity contribution is 7.18. The number of rotatable bonds is 4. The minimum absolute atomic E-state index is 0.373. The molecule has 0 atom stereocenters. The van der Waals surface area contributed by atoms with Crippen molar-refractivity contribution in [2.24, 2.45) is 0 Å². The van der Waals surface area contributed by atoms with Gasteiger partial charge in [0.15, 0.2) is 0 Å². The molecule has 0 spiro atoms. The molecule has 0 bridgehead atoms. The van der Waals surface area contributed by atoms with Crippen molar-refractivity contribution in [1.82, 2.24) is 14.8 Å². The Labute approximate surface area is 201 Å². The van der Waals surface area contributed by atoms with E-state index in [9.17, 15) is 22.0 Å². The van der Waals surface area contributed by atoms with Gasteiger partial charge in [-0.25, -0.2) is 18.4 Å². The molecule has 5 aromatic rings. The number of aryl methyl sites for hydroxylation is 1. The van der Waals surface area contributed by atoms with Gasteiger partial charge in [-0.3, -0.25) is 0 Å². The fourth-order valence-corrected chi connectivity index (χ4v) is 4.75. The van der Waals surface area contributed by atoms with Gasteiger partial charge in [0.05, 0.1) is 21.8 Å². The summed E-state index contributed by atoms with van der Waals surface area (Å²) in [6, 6.07) is 16.7. The fourth-order valence-electron chi connectivity index (χ4n) is 3.74. The molecule has 0 saturated heterocycles. The molecule has 0 aliphatic heterocycles. The molecular formula is C26H16F5N3S. The van der Waals surface area contributed by atoms with E-state index in [2.05, 4.69) is 10.1 Å². The predicted molar refractivity (Wildman–Crippen MR) is 125 cm³/mol. The molecule has 0 aliphatic rings. The van der Waals surface area contributed by atoms with Crippen LogP contribution < -0.4 is 0 Å². The second-order valence-electron chi connectivity index (χ2n) is 7.84. The van der Waals surface area contributed by atoms with Gasteiger partial charge >= 0.3 is 6.18 Å². The van der Waals surface area contributed by atoms with Gasteiger partial charge < -0.3 is 0 Å². The highest BCUT2D eigenvalue weighted by Crippen LogP contribution is 2.40. The van der Waals surface area contributed by atoms with Crippen LogP contribution in [0.15, 0.2) is 79.0 Å². The van der Waals surface area contributed by atoms with E-state index >= 15 is 0 Å². The summed E-state index contributed by atoms with van der Waals surface area (Å²) in [6.45, 7) is 1.79. The van der Waals surface area contributed by atoms with Crippen LogP contribution in [0.3, 0.4) is 0 Å². The Kier molecular flexibility index (Phi) is 5.72. The van der Waals surface area contributed by atoms with Crippen LogP contribution in [0.4, 0.5) is 22.0 Å². The molecule has 176 valence electrons. The van der Waals surface area contributed by atoms with Crippen LogP contribution in [0, 0.1) is 18.6 Å². The molecule has 0 aliphatic carbocycles. The second kappa shape index (κ2) is 8.74. The average molecular weight is 497 g/mol. The molecule has 0 unspecified atom stereocenters. The maximum absolute atomic E-state index is 14.0. The normalized spacial score (nSPS) is 11.7. The Bertz CT molecular complexity index is 1520. The Balaban J connectivity index is 1.63. The first kappa shape index (κ1) is 22.9. The van der Waals surface area contributed by atoms with Crippen LogP contribution in [0.2, 0.25) is 0 Å². The van der Waals surface area contributed by atoms with Crippen molar-refractivity contribution >= 4 is 11.3 Å². The van der Waals surface area contributed by atoms with E-state index in [0.29, 0.717) is 43.7 Å². The number of halogens is 5. The predicted octanol–water partition coefficient (Wildman–Crippen LogP) is 7.94. The summed E-state index contributed by atoms with van der Waals surface area (Å²) in [6.07, 6.45) is -2.74. The van der Waals surface area contributed by atoms with E-state index in [1.165, 1.54) is 52.4 Å². The van der Waals surface area contributed by atoms with Crippen molar-refractivity contribution < 1.29 is 22.0 Å². The van der Waals surface area contributed by atoms with Crippen LogP contribution >= 0.6 is 11.3 Å². The quantitative estimate of drug-likeness (QED) is 0.236. The first-order valence-electron chi connectivity index (χ1n) is 10.5. The third kappa shape index (κ3) is 4.59. The zero-order valence-corrected chi connectivity index (χ0v) is 19.0. The van der Waals surface area contributed by atoms with E-state index in [1.54, 1.807) is 37.4 Å². The lowest BCUT2D eigenvalue weighted by Crippen LogP contribution is -2.04. The Morgan fingerprint density at radius 3 is 2.06 bits per heavy atom. The molecule has 2 heterocycles. The summed E-state index contributed by atoms with van der Waals surface area (Å²) < 4.78 is 68.4. The molecule has 0 radical (unpaired) electrons. The monoisotopic (exact) mass is 497 g/mol. The number of aromatic nitrogens is 3. The van der Waals surface area contributed by atoms with Crippen LogP contribution in [0.25, 0.3) is 38.0 Å². The van der Waals surface area contributed by atoms with Gasteiger partial charge in [0.1, 0.15) is 11.6 Å². The number of nitrogens with zero attached hydrogens (tertiary/aromatic N) is 3. The number of alkyl halides is 3. The summed E-state index contributed by atoms with van der Waals surface area (Å²) in [5, 5.41) is 4.95. The van der Waals surface area contributed by atoms with Crippen molar-refractivity contribution in [3.8, 4) is 38.0 Å². The van der Waals surface area contributed by atoms with Gasteiger partial charge in [-0.2, -0.15) is 18.3 Å². The topological polar surface area (TPSA) is 30.7 Å². The van der Waals surface area contributed by atoms with Crippen LogP contribution in [0.1, 0.15) is 11.3 Å². The summed E-state index contributed by atoms with van der Waals surface area (Å²) in [7, 11) is 0. The fraction of sp³-hybridized carbons (Fsp3) is 0.0769. The van der Waals surface area contributed by atoms with Crippen molar-refractivity contribution in [3.05, 3.63) is 102 Å². The number of hydrogen-bond donors (Lipinski definition) is 0. The maximum atomic E-state index is 14.0.